The van der Waals surface area contributed by atoms with E-state index in [9.17, 15) is 26.3 Å². The first-order valence-corrected chi connectivity index (χ1v) is 17.7. The van der Waals surface area contributed by atoms with Crippen LogP contribution in [0.3, 0.4) is 0 Å². The molecular weight excluding hydrogens is 654 g/mol. The van der Waals surface area contributed by atoms with Crippen molar-refractivity contribution in [1.29, 1.82) is 0 Å². The van der Waals surface area contributed by atoms with E-state index in [0.717, 1.165) is 0 Å². The normalized spacial score (nSPS) is 15.6. The minimum absolute atomic E-state index is 0.493. The van der Waals surface area contributed by atoms with Gasteiger partial charge < -0.3 is 9.11 Å². The standard InChI is InChI=1S/2C11H17.2CHF3O3S.Zr/c2*1-2-3-4-5-8-11-9-6-7-10-11;2*2-1(3,4)8(5,6)7;/h2*6,9H,2-5,7-8H2,1H3;2*(H,5,6,7);/q;;;;+2/p-2. The van der Waals surface area contributed by atoms with Crippen LogP contribution in [0.5, 0.6) is 0 Å². The Hall–Kier alpha value is -0.757. The molecule has 0 aromatic rings. The van der Waals surface area contributed by atoms with Crippen molar-refractivity contribution in [1.82, 2.24) is 0 Å². The second-order valence-corrected chi connectivity index (χ2v) is 15.1. The average Bonchev–Trinajstić information content (AvgIpc) is 3.42. The van der Waals surface area contributed by atoms with Crippen LogP contribution in [0.1, 0.15) is 90.9 Å². The molecule has 0 fully saturated rings. The monoisotopic (exact) mass is 686 g/mol. The Morgan fingerprint density at radius 2 is 0.974 bits per heavy atom. The van der Waals surface area contributed by atoms with Gasteiger partial charge in [0.25, 0.3) is 0 Å². The van der Waals surface area contributed by atoms with Crippen LogP contribution in [-0.2, 0) is 43.5 Å². The zero-order valence-corrected chi connectivity index (χ0v) is 25.9. The number of unbranched alkanes of at least 4 members (excludes halogenated alkanes) is 6. The van der Waals surface area contributed by atoms with Gasteiger partial charge in [0, 0.05) is 0 Å². The van der Waals surface area contributed by atoms with Crippen LogP contribution < -0.4 is 0 Å². The summed E-state index contributed by atoms with van der Waals surface area (Å²) in [5.74, 6) is 0. The van der Waals surface area contributed by atoms with Gasteiger partial charge >= 0.3 is 167 Å². The molecule has 6 nitrogen and oxygen atoms in total. The van der Waals surface area contributed by atoms with E-state index in [1.54, 1.807) is 11.1 Å². The van der Waals surface area contributed by atoms with Crippen LogP contribution in [0.4, 0.5) is 26.3 Å². The molecule has 0 N–H and O–H groups in total. The van der Waals surface area contributed by atoms with Gasteiger partial charge in [-0.1, -0.05) is 0 Å². The van der Waals surface area contributed by atoms with Crippen molar-refractivity contribution < 1.29 is 75.5 Å². The smallest absolute Gasteiger partial charge is 0.485 e. The van der Waals surface area contributed by atoms with Crippen LogP contribution in [-0.4, -0.2) is 37.0 Å². The summed E-state index contributed by atoms with van der Waals surface area (Å²) in [4.78, 5) is 0. The van der Waals surface area contributed by atoms with Gasteiger partial charge in [0.05, 0.1) is 0 Å². The molecule has 0 radical (unpaired) electrons. The molecule has 0 saturated heterocycles. The fourth-order valence-electron chi connectivity index (χ4n) is 3.50. The van der Waals surface area contributed by atoms with Crippen molar-refractivity contribution in [2.24, 2.45) is 0 Å². The van der Waals surface area contributed by atoms with Crippen LogP contribution in [0.2, 0.25) is 0 Å². The van der Waals surface area contributed by atoms with E-state index in [1.165, 1.54) is 77.0 Å². The molecule has 0 heterocycles. The summed E-state index contributed by atoms with van der Waals surface area (Å²) >= 11 is -0.493. The Kier molecular flexibility index (Phi) is 17.6. The van der Waals surface area contributed by atoms with Crippen LogP contribution >= 0.6 is 0 Å². The number of halogens is 6. The van der Waals surface area contributed by atoms with E-state index in [0.29, 0.717) is 0 Å². The molecule has 0 aromatic heterocycles. The molecule has 2 aliphatic rings. The predicted molar refractivity (Wildman–Crippen MR) is 131 cm³/mol. The average molecular weight is 688 g/mol. The van der Waals surface area contributed by atoms with Crippen molar-refractivity contribution in [3.63, 3.8) is 0 Å². The van der Waals surface area contributed by atoms with Crippen LogP contribution in [0.15, 0.2) is 42.0 Å². The van der Waals surface area contributed by atoms with Crippen LogP contribution in [0, 0.1) is 0 Å². The van der Waals surface area contributed by atoms with Crippen molar-refractivity contribution in [2.45, 2.75) is 102 Å². The molecular formula is C24H34F6O6S2Zr. The van der Waals surface area contributed by atoms with E-state index in [-0.39, 0.29) is 0 Å². The van der Waals surface area contributed by atoms with Gasteiger partial charge in [-0.3, -0.25) is 0 Å². The van der Waals surface area contributed by atoms with Crippen molar-refractivity contribution in [3.8, 4) is 0 Å². The second-order valence-electron chi connectivity index (χ2n) is 8.77. The van der Waals surface area contributed by atoms with Gasteiger partial charge in [-0.25, -0.2) is 16.8 Å². The number of hydrogen-bond acceptors (Lipinski definition) is 6. The summed E-state index contributed by atoms with van der Waals surface area (Å²) in [7, 11) is -12.2. The Bertz CT molecular complexity index is 1000. The first-order valence-electron chi connectivity index (χ1n) is 12.4. The molecule has 0 aliphatic heterocycles. The summed E-state index contributed by atoms with van der Waals surface area (Å²) in [5.41, 5.74) is -7.82. The molecule has 2 aliphatic carbocycles. The molecule has 224 valence electrons. The second kappa shape index (κ2) is 17.9. The Labute approximate surface area is 238 Å². The Morgan fingerprint density at radius 1 is 0.667 bits per heavy atom. The summed E-state index contributed by atoms with van der Waals surface area (Å²) in [6.07, 6.45) is 26.1. The predicted octanol–water partition coefficient (Wildman–Crippen LogP) is 7.54. The molecule has 0 spiro atoms. The van der Waals surface area contributed by atoms with Gasteiger partial charge in [0.2, 0.25) is 0 Å². The molecule has 0 amide bonds. The third-order valence-electron chi connectivity index (χ3n) is 5.53. The van der Waals surface area contributed by atoms with E-state index in [1.807, 2.05) is 6.56 Å². The molecule has 39 heavy (non-hydrogen) atoms. The molecule has 15 heteroatoms. The molecule has 0 unspecified atom stereocenters. The third kappa shape index (κ3) is 16.3. The summed E-state index contributed by atoms with van der Waals surface area (Å²) < 4.78 is 122. The number of alkyl halides is 6. The first kappa shape index (κ1) is 38.2. The van der Waals surface area contributed by atoms with Gasteiger partial charge in [-0.05, 0) is 0 Å². The SMILES string of the molecule is CCCCCCC1=[C]([Zr+2][C]2=C(CCCCCC)C=CC2)CC=C1.O=S(=O)([O-])C(F)(F)F.O=S(=O)([O-])C(F)(F)F. The fourth-order valence-corrected chi connectivity index (χ4v) is 7.29. The Morgan fingerprint density at radius 3 is 1.23 bits per heavy atom. The number of allylic oxidation sites excluding steroid dienone is 8. The first-order chi connectivity index (χ1) is 17.8. The van der Waals surface area contributed by atoms with E-state index >= 15 is 0 Å². The molecule has 0 bridgehead atoms. The quantitative estimate of drug-likeness (QED) is 0.0907. The maximum absolute atomic E-state index is 10.7. The number of hydrogen-bond donors (Lipinski definition) is 0. The zero-order chi connectivity index (χ0) is 30.3. The van der Waals surface area contributed by atoms with Crippen LogP contribution in [0.25, 0.3) is 0 Å². The molecule has 0 aromatic carbocycles. The molecule has 0 saturated carbocycles. The van der Waals surface area contributed by atoms with E-state index < -0.39 is 54.5 Å². The zero-order valence-electron chi connectivity index (χ0n) is 21.8. The fraction of sp³-hybridized carbons (Fsp3) is 0.667. The topological polar surface area (TPSA) is 114 Å². The van der Waals surface area contributed by atoms with Gasteiger partial charge in [0.1, 0.15) is 0 Å². The van der Waals surface area contributed by atoms with Crippen molar-refractivity contribution >= 4 is 20.2 Å². The van der Waals surface area contributed by atoms with Gasteiger partial charge in [-0.2, -0.15) is 26.3 Å². The summed E-state index contributed by atoms with van der Waals surface area (Å²) in [5, 5.41) is 0. The minimum atomic E-state index is -6.09. The summed E-state index contributed by atoms with van der Waals surface area (Å²) in [6.45, 7) is 4.60. The van der Waals surface area contributed by atoms with E-state index in [2.05, 4.69) is 38.2 Å². The maximum Gasteiger partial charge on any atom is 0.485 e. The van der Waals surface area contributed by atoms with Crippen molar-refractivity contribution in [3.05, 3.63) is 42.0 Å². The van der Waals surface area contributed by atoms with Gasteiger partial charge in [0.15, 0.2) is 20.2 Å². The molecule has 2 rings (SSSR count). The van der Waals surface area contributed by atoms with E-state index in [4.69, 9.17) is 25.9 Å². The largest absolute Gasteiger partial charge is 0.741 e. The maximum atomic E-state index is 10.7. The Balaban J connectivity index is 0.000000742. The van der Waals surface area contributed by atoms with Crippen molar-refractivity contribution in [2.75, 3.05) is 0 Å². The minimum Gasteiger partial charge on any atom is -0.741 e. The number of rotatable bonds is 12. The van der Waals surface area contributed by atoms with Gasteiger partial charge in [-0.15, -0.1) is 0 Å². The third-order valence-corrected chi connectivity index (χ3v) is 10.7. The molecule has 0 atom stereocenters. The summed E-state index contributed by atoms with van der Waals surface area (Å²) in [6, 6.07) is 0.